The van der Waals surface area contributed by atoms with E-state index in [4.69, 9.17) is 0 Å². The molecule has 0 radical (unpaired) electrons. The Morgan fingerprint density at radius 1 is 1.45 bits per heavy atom. The molecule has 0 spiro atoms. The van der Waals surface area contributed by atoms with E-state index in [9.17, 15) is 14.3 Å². The van der Waals surface area contributed by atoms with Crippen molar-refractivity contribution in [3.8, 4) is 0 Å². The van der Waals surface area contributed by atoms with Gasteiger partial charge in [-0.05, 0) is 25.1 Å². The number of aryl methyl sites for hydroxylation is 1. The molecule has 1 amide bonds. The molecule has 1 aliphatic rings. The molecule has 1 aromatic heterocycles. The highest BCUT2D eigenvalue weighted by Gasteiger charge is 2.25. The molecule has 1 fully saturated rings. The second-order valence-corrected chi connectivity index (χ2v) is 5.65. The highest BCUT2D eigenvalue weighted by Crippen LogP contribution is 2.18. The lowest BCUT2D eigenvalue weighted by atomic mass is 10.1. The number of rotatable bonds is 3. The number of pyridine rings is 1. The molecular weight excluding hydrogens is 285 g/mol. The standard InChI is InChI=1S/C16H18FN3O2/c1-9-13(4-10-2-3-12(17)5-14(10)20-9)16(22)19-7-11-6-18-8-15(11)21/h2-5,11,15,18,21H,6-8H2,1H3,(H,19,22). The summed E-state index contributed by atoms with van der Waals surface area (Å²) in [4.78, 5) is 16.6. The summed E-state index contributed by atoms with van der Waals surface area (Å²) in [5.74, 6) is -0.554. The zero-order valence-electron chi connectivity index (χ0n) is 12.3. The molecule has 0 saturated carbocycles. The Morgan fingerprint density at radius 2 is 2.27 bits per heavy atom. The van der Waals surface area contributed by atoms with Crippen LogP contribution in [0.5, 0.6) is 0 Å². The second-order valence-electron chi connectivity index (χ2n) is 5.65. The maximum absolute atomic E-state index is 13.2. The molecule has 22 heavy (non-hydrogen) atoms. The molecule has 1 aromatic carbocycles. The maximum Gasteiger partial charge on any atom is 0.253 e. The molecule has 1 aliphatic heterocycles. The molecule has 2 heterocycles. The van der Waals surface area contributed by atoms with Gasteiger partial charge in [-0.15, -0.1) is 0 Å². The van der Waals surface area contributed by atoms with Crippen molar-refractivity contribution < 1.29 is 14.3 Å². The van der Waals surface area contributed by atoms with Crippen LogP contribution in [0.25, 0.3) is 10.9 Å². The number of carbonyl (C=O) groups is 1. The van der Waals surface area contributed by atoms with Gasteiger partial charge in [-0.1, -0.05) is 0 Å². The zero-order chi connectivity index (χ0) is 15.7. The number of nitrogens with one attached hydrogen (secondary N) is 2. The van der Waals surface area contributed by atoms with Crippen LogP contribution in [-0.2, 0) is 0 Å². The number of halogens is 1. The minimum absolute atomic E-state index is 0.0202. The molecular formula is C16H18FN3O2. The average molecular weight is 303 g/mol. The number of β-amino-alcohol motifs (C(OH)–C–C–N with tert-alkyl or cyclic N) is 1. The molecule has 5 nitrogen and oxygen atoms in total. The smallest absolute Gasteiger partial charge is 0.253 e. The first kappa shape index (κ1) is 14.9. The van der Waals surface area contributed by atoms with E-state index >= 15 is 0 Å². The summed E-state index contributed by atoms with van der Waals surface area (Å²) in [7, 11) is 0. The van der Waals surface area contributed by atoms with Crippen LogP contribution < -0.4 is 10.6 Å². The number of aliphatic hydroxyl groups is 1. The van der Waals surface area contributed by atoms with Gasteiger partial charge in [0.05, 0.1) is 22.9 Å². The molecule has 6 heteroatoms. The molecule has 3 rings (SSSR count). The lowest BCUT2D eigenvalue weighted by Gasteiger charge is -2.15. The summed E-state index contributed by atoms with van der Waals surface area (Å²) in [5.41, 5.74) is 1.56. The normalized spacial score (nSPS) is 21.2. The van der Waals surface area contributed by atoms with E-state index in [1.807, 2.05) is 0 Å². The van der Waals surface area contributed by atoms with E-state index in [0.717, 1.165) is 5.39 Å². The Hall–Kier alpha value is -2.05. The van der Waals surface area contributed by atoms with Gasteiger partial charge >= 0.3 is 0 Å². The number of aromatic nitrogens is 1. The number of carbonyl (C=O) groups excluding carboxylic acids is 1. The Bertz CT molecular complexity index is 720. The van der Waals surface area contributed by atoms with E-state index in [1.54, 1.807) is 19.1 Å². The van der Waals surface area contributed by atoms with Gasteiger partial charge in [0.1, 0.15) is 5.82 Å². The first-order valence-electron chi connectivity index (χ1n) is 7.28. The Kier molecular flexibility index (Phi) is 4.04. The summed E-state index contributed by atoms with van der Waals surface area (Å²) in [6.45, 7) is 3.39. The van der Waals surface area contributed by atoms with Crippen LogP contribution in [0.3, 0.4) is 0 Å². The topological polar surface area (TPSA) is 74.2 Å². The summed E-state index contributed by atoms with van der Waals surface area (Å²) in [5, 5.41) is 16.4. The number of hydrogen-bond acceptors (Lipinski definition) is 4. The fraction of sp³-hybridized carbons (Fsp3) is 0.375. The van der Waals surface area contributed by atoms with Crippen LogP contribution in [0, 0.1) is 18.7 Å². The third-order valence-electron chi connectivity index (χ3n) is 4.04. The van der Waals surface area contributed by atoms with Crippen molar-refractivity contribution in [1.82, 2.24) is 15.6 Å². The monoisotopic (exact) mass is 303 g/mol. The summed E-state index contributed by atoms with van der Waals surface area (Å²) < 4.78 is 13.2. The number of nitrogens with zero attached hydrogens (tertiary/aromatic N) is 1. The highest BCUT2D eigenvalue weighted by atomic mass is 19.1. The van der Waals surface area contributed by atoms with Crippen molar-refractivity contribution >= 4 is 16.8 Å². The Morgan fingerprint density at radius 3 is 3.00 bits per heavy atom. The van der Waals surface area contributed by atoms with Crippen molar-refractivity contribution in [2.75, 3.05) is 19.6 Å². The van der Waals surface area contributed by atoms with Crippen LogP contribution in [0.15, 0.2) is 24.3 Å². The van der Waals surface area contributed by atoms with Crippen molar-refractivity contribution in [1.29, 1.82) is 0 Å². The molecule has 3 N–H and O–H groups in total. The maximum atomic E-state index is 13.2. The van der Waals surface area contributed by atoms with Gasteiger partial charge in [-0.2, -0.15) is 0 Å². The van der Waals surface area contributed by atoms with Crippen LogP contribution >= 0.6 is 0 Å². The lowest BCUT2D eigenvalue weighted by Crippen LogP contribution is -2.34. The van der Waals surface area contributed by atoms with E-state index in [-0.39, 0.29) is 17.6 Å². The van der Waals surface area contributed by atoms with E-state index < -0.39 is 6.10 Å². The summed E-state index contributed by atoms with van der Waals surface area (Å²) >= 11 is 0. The minimum Gasteiger partial charge on any atom is -0.391 e. The summed E-state index contributed by atoms with van der Waals surface area (Å²) in [6.07, 6.45) is -0.431. The van der Waals surface area contributed by atoms with Gasteiger partial charge in [0.25, 0.3) is 5.91 Å². The number of aliphatic hydroxyl groups excluding tert-OH is 1. The number of hydrogen-bond donors (Lipinski definition) is 3. The second kappa shape index (κ2) is 5.98. The quantitative estimate of drug-likeness (QED) is 0.790. The fourth-order valence-corrected chi connectivity index (χ4v) is 2.71. The van der Waals surface area contributed by atoms with Crippen molar-refractivity contribution in [3.05, 3.63) is 41.3 Å². The predicted molar refractivity (Wildman–Crippen MR) is 81.1 cm³/mol. The predicted octanol–water partition coefficient (Wildman–Crippen LogP) is 0.992. The van der Waals surface area contributed by atoms with E-state index in [2.05, 4.69) is 15.6 Å². The average Bonchev–Trinajstić information content (AvgIpc) is 2.89. The van der Waals surface area contributed by atoms with Crippen LogP contribution in [0.2, 0.25) is 0 Å². The van der Waals surface area contributed by atoms with Crippen molar-refractivity contribution in [3.63, 3.8) is 0 Å². The van der Waals surface area contributed by atoms with Crippen LogP contribution in [0.1, 0.15) is 16.1 Å². The zero-order valence-corrected chi connectivity index (χ0v) is 12.3. The fourth-order valence-electron chi connectivity index (χ4n) is 2.71. The van der Waals surface area contributed by atoms with Gasteiger partial charge in [-0.25, -0.2) is 4.39 Å². The molecule has 2 unspecified atom stereocenters. The Labute approximate surface area is 127 Å². The minimum atomic E-state index is -0.431. The van der Waals surface area contributed by atoms with Crippen molar-refractivity contribution in [2.24, 2.45) is 5.92 Å². The van der Waals surface area contributed by atoms with Gasteiger partial charge < -0.3 is 15.7 Å². The third kappa shape index (κ3) is 2.93. The first-order valence-corrected chi connectivity index (χ1v) is 7.28. The third-order valence-corrected chi connectivity index (χ3v) is 4.04. The Balaban J connectivity index is 1.78. The summed E-state index contributed by atoms with van der Waals surface area (Å²) in [6, 6.07) is 6.03. The molecule has 2 atom stereocenters. The molecule has 1 saturated heterocycles. The highest BCUT2D eigenvalue weighted by molar-refractivity contribution is 5.98. The molecule has 2 aromatic rings. The van der Waals surface area contributed by atoms with Crippen molar-refractivity contribution in [2.45, 2.75) is 13.0 Å². The number of amides is 1. The number of fused-ring (bicyclic) bond motifs is 1. The molecule has 0 aliphatic carbocycles. The van der Waals surface area contributed by atoms with Gasteiger partial charge in [0, 0.05) is 37.0 Å². The largest absolute Gasteiger partial charge is 0.391 e. The van der Waals surface area contributed by atoms with Gasteiger partial charge in [0.15, 0.2) is 0 Å². The molecule has 0 bridgehead atoms. The molecule has 116 valence electrons. The van der Waals surface area contributed by atoms with Crippen LogP contribution in [-0.4, -0.2) is 41.7 Å². The van der Waals surface area contributed by atoms with E-state index in [1.165, 1.54) is 12.1 Å². The van der Waals surface area contributed by atoms with E-state index in [0.29, 0.717) is 36.4 Å². The SMILES string of the molecule is Cc1nc2cc(F)ccc2cc1C(=O)NCC1CNCC1O. The lowest BCUT2D eigenvalue weighted by molar-refractivity contribution is 0.0926. The van der Waals surface area contributed by atoms with Crippen LogP contribution in [0.4, 0.5) is 4.39 Å². The number of benzene rings is 1. The van der Waals surface area contributed by atoms with Gasteiger partial charge in [0.2, 0.25) is 0 Å². The first-order chi connectivity index (χ1) is 10.5. The van der Waals surface area contributed by atoms with Gasteiger partial charge in [-0.3, -0.25) is 9.78 Å².